The normalized spacial score (nSPS) is 15.5. The Kier molecular flexibility index (Phi) is 4.99. The smallest absolute Gasteiger partial charge is 0.239 e. The minimum atomic E-state index is -0.418. The number of likely N-dealkylation sites (N-methyl/N-ethyl adjacent to an activating group) is 1. The molecular formula is C10H22N2O. The maximum atomic E-state index is 11.5. The van der Waals surface area contributed by atoms with Gasteiger partial charge >= 0.3 is 0 Å². The Morgan fingerprint density at radius 1 is 1.46 bits per heavy atom. The van der Waals surface area contributed by atoms with Crippen LogP contribution in [-0.2, 0) is 4.79 Å². The lowest BCUT2D eigenvalue weighted by molar-refractivity contribution is -0.126. The van der Waals surface area contributed by atoms with E-state index in [2.05, 4.69) is 24.5 Å². The number of amides is 1. The van der Waals surface area contributed by atoms with Gasteiger partial charge in [0.05, 0.1) is 5.54 Å². The molecule has 0 aromatic heterocycles. The van der Waals surface area contributed by atoms with Crippen molar-refractivity contribution in [3.63, 3.8) is 0 Å². The van der Waals surface area contributed by atoms with Gasteiger partial charge in [-0.15, -0.1) is 0 Å². The highest BCUT2D eigenvalue weighted by atomic mass is 16.2. The zero-order chi connectivity index (χ0) is 10.5. The molecule has 0 fully saturated rings. The number of rotatable bonds is 5. The highest BCUT2D eigenvalue weighted by Gasteiger charge is 2.29. The van der Waals surface area contributed by atoms with E-state index in [-0.39, 0.29) is 5.91 Å². The molecule has 0 rings (SSSR count). The summed E-state index contributed by atoms with van der Waals surface area (Å²) in [6.07, 6.45) is 0.805. The molecule has 78 valence electrons. The van der Waals surface area contributed by atoms with Gasteiger partial charge in [0, 0.05) is 7.05 Å². The van der Waals surface area contributed by atoms with Crippen LogP contribution in [-0.4, -0.2) is 25.0 Å². The van der Waals surface area contributed by atoms with Crippen molar-refractivity contribution in [2.45, 2.75) is 39.7 Å². The molecular weight excluding hydrogens is 164 g/mol. The van der Waals surface area contributed by atoms with Crippen molar-refractivity contribution in [1.29, 1.82) is 0 Å². The summed E-state index contributed by atoms with van der Waals surface area (Å²) in [5, 5.41) is 5.96. The van der Waals surface area contributed by atoms with E-state index < -0.39 is 5.54 Å². The zero-order valence-corrected chi connectivity index (χ0v) is 9.40. The summed E-state index contributed by atoms with van der Waals surface area (Å²) in [7, 11) is 1.67. The van der Waals surface area contributed by atoms with Crippen molar-refractivity contribution in [3.8, 4) is 0 Å². The number of hydrogen-bond acceptors (Lipinski definition) is 2. The van der Waals surface area contributed by atoms with Crippen molar-refractivity contribution in [2.24, 2.45) is 5.92 Å². The molecule has 0 aromatic carbocycles. The van der Waals surface area contributed by atoms with Crippen LogP contribution in [0.5, 0.6) is 0 Å². The van der Waals surface area contributed by atoms with Gasteiger partial charge in [-0.1, -0.05) is 20.8 Å². The molecule has 0 saturated heterocycles. The van der Waals surface area contributed by atoms with Gasteiger partial charge in [0.25, 0.3) is 0 Å². The molecule has 0 aromatic rings. The maximum absolute atomic E-state index is 11.5. The predicted molar refractivity (Wildman–Crippen MR) is 55.6 cm³/mol. The molecule has 3 heteroatoms. The quantitative estimate of drug-likeness (QED) is 0.676. The van der Waals surface area contributed by atoms with Crippen LogP contribution >= 0.6 is 0 Å². The SMILES string of the molecule is CCC(C)(NCC(C)C)C(=O)NC. The van der Waals surface area contributed by atoms with E-state index in [1.54, 1.807) is 7.05 Å². The Balaban J connectivity index is 4.19. The van der Waals surface area contributed by atoms with E-state index in [9.17, 15) is 4.79 Å². The van der Waals surface area contributed by atoms with Crippen molar-refractivity contribution >= 4 is 5.91 Å². The summed E-state index contributed by atoms with van der Waals surface area (Å²) in [6.45, 7) is 9.09. The Bertz CT molecular complexity index is 168. The fourth-order valence-corrected chi connectivity index (χ4v) is 1.07. The lowest BCUT2D eigenvalue weighted by Gasteiger charge is -2.28. The molecule has 0 saturated carbocycles. The Morgan fingerprint density at radius 3 is 2.31 bits per heavy atom. The maximum Gasteiger partial charge on any atom is 0.239 e. The molecule has 0 aliphatic rings. The van der Waals surface area contributed by atoms with Gasteiger partial charge in [-0.25, -0.2) is 0 Å². The van der Waals surface area contributed by atoms with E-state index in [4.69, 9.17) is 0 Å². The first-order chi connectivity index (χ1) is 5.96. The minimum absolute atomic E-state index is 0.0654. The number of carbonyl (C=O) groups is 1. The first kappa shape index (κ1) is 12.4. The summed E-state index contributed by atoms with van der Waals surface area (Å²) in [4.78, 5) is 11.5. The van der Waals surface area contributed by atoms with E-state index in [0.717, 1.165) is 13.0 Å². The molecule has 0 spiro atoms. The third kappa shape index (κ3) is 3.77. The topological polar surface area (TPSA) is 41.1 Å². The van der Waals surface area contributed by atoms with Gasteiger partial charge in [0.2, 0.25) is 5.91 Å². The molecule has 0 aliphatic heterocycles. The first-order valence-corrected chi connectivity index (χ1v) is 4.93. The monoisotopic (exact) mass is 186 g/mol. The van der Waals surface area contributed by atoms with Crippen LogP contribution in [0.1, 0.15) is 34.1 Å². The first-order valence-electron chi connectivity index (χ1n) is 4.93. The lowest BCUT2D eigenvalue weighted by Crippen LogP contribution is -2.54. The summed E-state index contributed by atoms with van der Waals surface area (Å²) in [5.74, 6) is 0.631. The molecule has 1 unspecified atom stereocenters. The second kappa shape index (κ2) is 5.22. The van der Waals surface area contributed by atoms with Crippen LogP contribution < -0.4 is 10.6 Å². The summed E-state index contributed by atoms with van der Waals surface area (Å²) in [6, 6.07) is 0. The summed E-state index contributed by atoms with van der Waals surface area (Å²) >= 11 is 0. The average Bonchev–Trinajstić information content (AvgIpc) is 2.12. The van der Waals surface area contributed by atoms with Gasteiger partial charge in [-0.3, -0.25) is 4.79 Å². The summed E-state index contributed by atoms with van der Waals surface area (Å²) < 4.78 is 0. The number of carbonyl (C=O) groups excluding carboxylic acids is 1. The van der Waals surface area contributed by atoms with E-state index in [1.807, 2.05) is 13.8 Å². The van der Waals surface area contributed by atoms with Crippen LogP contribution in [0.25, 0.3) is 0 Å². The fraction of sp³-hybridized carbons (Fsp3) is 0.900. The third-order valence-corrected chi connectivity index (χ3v) is 2.34. The Labute approximate surface area is 81.3 Å². The number of nitrogens with one attached hydrogen (secondary N) is 2. The second-order valence-corrected chi connectivity index (χ2v) is 4.04. The van der Waals surface area contributed by atoms with E-state index >= 15 is 0 Å². The molecule has 3 nitrogen and oxygen atoms in total. The number of hydrogen-bond donors (Lipinski definition) is 2. The van der Waals surface area contributed by atoms with Crippen molar-refractivity contribution in [3.05, 3.63) is 0 Å². The van der Waals surface area contributed by atoms with Gasteiger partial charge in [-0.05, 0) is 25.8 Å². The van der Waals surface area contributed by atoms with Crippen molar-refractivity contribution in [2.75, 3.05) is 13.6 Å². The van der Waals surface area contributed by atoms with E-state index in [0.29, 0.717) is 5.92 Å². The van der Waals surface area contributed by atoms with Crippen molar-refractivity contribution < 1.29 is 4.79 Å². The van der Waals surface area contributed by atoms with Crippen LogP contribution in [0.2, 0.25) is 0 Å². The molecule has 13 heavy (non-hydrogen) atoms. The van der Waals surface area contributed by atoms with Gasteiger partial charge in [-0.2, -0.15) is 0 Å². The molecule has 0 heterocycles. The molecule has 0 radical (unpaired) electrons. The van der Waals surface area contributed by atoms with Crippen molar-refractivity contribution in [1.82, 2.24) is 10.6 Å². The van der Waals surface area contributed by atoms with Crippen LogP contribution in [0.4, 0.5) is 0 Å². The minimum Gasteiger partial charge on any atom is -0.358 e. The predicted octanol–water partition coefficient (Wildman–Crippen LogP) is 1.15. The fourth-order valence-electron chi connectivity index (χ4n) is 1.07. The molecule has 1 atom stereocenters. The second-order valence-electron chi connectivity index (χ2n) is 4.04. The van der Waals surface area contributed by atoms with Crippen LogP contribution in [0.3, 0.4) is 0 Å². The van der Waals surface area contributed by atoms with E-state index in [1.165, 1.54) is 0 Å². The van der Waals surface area contributed by atoms with Crippen LogP contribution in [0, 0.1) is 5.92 Å². The average molecular weight is 186 g/mol. The highest BCUT2D eigenvalue weighted by Crippen LogP contribution is 2.09. The highest BCUT2D eigenvalue weighted by molar-refractivity contribution is 5.85. The van der Waals surface area contributed by atoms with Gasteiger partial charge < -0.3 is 10.6 Å². The largest absolute Gasteiger partial charge is 0.358 e. The van der Waals surface area contributed by atoms with Gasteiger partial charge in [0.1, 0.15) is 0 Å². The van der Waals surface area contributed by atoms with Crippen LogP contribution in [0.15, 0.2) is 0 Å². The Hall–Kier alpha value is -0.570. The standard InChI is InChI=1S/C10H22N2O/c1-6-10(4,9(13)11-5)12-7-8(2)3/h8,12H,6-7H2,1-5H3,(H,11,13). The summed E-state index contributed by atoms with van der Waals surface area (Å²) in [5.41, 5.74) is -0.418. The molecule has 0 aliphatic carbocycles. The molecule has 1 amide bonds. The Morgan fingerprint density at radius 2 is 2.00 bits per heavy atom. The molecule has 2 N–H and O–H groups in total. The zero-order valence-electron chi connectivity index (χ0n) is 9.40. The lowest BCUT2D eigenvalue weighted by atomic mass is 9.97. The third-order valence-electron chi connectivity index (χ3n) is 2.34. The van der Waals surface area contributed by atoms with Gasteiger partial charge in [0.15, 0.2) is 0 Å². The molecule has 0 bridgehead atoms.